The molecule has 9 heteroatoms. The fourth-order valence-electron chi connectivity index (χ4n) is 3.64. The van der Waals surface area contributed by atoms with Gasteiger partial charge in [-0.3, -0.25) is 0 Å². The number of amides is 2. The Morgan fingerprint density at radius 2 is 1.94 bits per heavy atom. The second-order valence-electron chi connectivity index (χ2n) is 7.39. The number of halogens is 2. The molecule has 1 unspecified atom stereocenters. The molecule has 7 nitrogen and oxygen atoms in total. The Hall–Kier alpha value is -3.26. The van der Waals surface area contributed by atoms with Gasteiger partial charge in [-0.1, -0.05) is 43.1 Å². The minimum absolute atomic E-state index is 0.178. The number of methoxy groups -OCH3 is 2. The zero-order valence-corrected chi connectivity index (χ0v) is 19.4. The Balaban J connectivity index is 2.08. The number of allylic oxidation sites excluding steroid dienone is 1. The second-order valence-corrected chi connectivity index (χ2v) is 7.79. The number of para-hydroxylation sites is 1. The number of hydrogen-bond acceptors (Lipinski definition) is 5. The lowest BCUT2D eigenvalue weighted by Gasteiger charge is -2.30. The molecule has 3 rings (SSSR count). The van der Waals surface area contributed by atoms with Gasteiger partial charge in [-0.2, -0.15) is 0 Å². The molecular formula is C24H26ClFN2O5. The van der Waals surface area contributed by atoms with E-state index >= 15 is 0 Å². The SMILES string of the molecule is CCCCC1=C(C(=O)OC)C(c2cccc(OC)c2OCc2c(F)cccc2Cl)NC(=O)N1. The van der Waals surface area contributed by atoms with Crippen LogP contribution < -0.4 is 20.1 Å². The first-order valence-electron chi connectivity index (χ1n) is 10.5. The number of carbonyl (C=O) groups is 2. The molecule has 1 aliphatic rings. The molecule has 2 aromatic carbocycles. The first kappa shape index (κ1) is 24.4. The maximum atomic E-state index is 14.3. The fraction of sp³-hybridized carbons (Fsp3) is 0.333. The first-order valence-corrected chi connectivity index (χ1v) is 10.9. The number of urea groups is 1. The molecule has 2 N–H and O–H groups in total. The molecular weight excluding hydrogens is 451 g/mol. The summed E-state index contributed by atoms with van der Waals surface area (Å²) in [4.78, 5) is 25.2. The molecule has 0 aliphatic carbocycles. The van der Waals surface area contributed by atoms with Crippen LogP contribution in [0.4, 0.5) is 9.18 Å². The number of unbranched alkanes of at least 4 members (excludes halogenated alkanes) is 1. The first-order chi connectivity index (χ1) is 15.9. The van der Waals surface area contributed by atoms with Gasteiger partial charge in [0.2, 0.25) is 0 Å². The van der Waals surface area contributed by atoms with E-state index < -0.39 is 23.9 Å². The molecule has 0 saturated carbocycles. The van der Waals surface area contributed by atoms with Crippen LogP contribution in [0.5, 0.6) is 11.5 Å². The van der Waals surface area contributed by atoms with Crippen molar-refractivity contribution in [2.45, 2.75) is 38.8 Å². The molecule has 0 radical (unpaired) electrons. The summed E-state index contributed by atoms with van der Waals surface area (Å²) in [6.07, 6.45) is 2.15. The molecule has 0 aromatic heterocycles. The summed E-state index contributed by atoms with van der Waals surface area (Å²) in [6, 6.07) is 8.14. The summed E-state index contributed by atoms with van der Waals surface area (Å²) in [6.45, 7) is 1.83. The topological polar surface area (TPSA) is 85.9 Å². The monoisotopic (exact) mass is 476 g/mol. The Morgan fingerprint density at radius 1 is 1.18 bits per heavy atom. The molecule has 1 atom stereocenters. The normalized spacial score (nSPS) is 15.5. The largest absolute Gasteiger partial charge is 0.493 e. The van der Waals surface area contributed by atoms with Gasteiger partial charge >= 0.3 is 12.0 Å². The molecule has 1 aliphatic heterocycles. The lowest BCUT2D eigenvalue weighted by molar-refractivity contribution is -0.136. The lowest BCUT2D eigenvalue weighted by atomic mass is 9.92. The van der Waals surface area contributed by atoms with Crippen molar-refractivity contribution in [3.05, 3.63) is 69.6 Å². The second kappa shape index (κ2) is 11.0. The zero-order chi connectivity index (χ0) is 24.0. The number of esters is 1. The van der Waals surface area contributed by atoms with Crippen molar-refractivity contribution in [3.8, 4) is 11.5 Å². The predicted molar refractivity (Wildman–Crippen MR) is 122 cm³/mol. The van der Waals surface area contributed by atoms with Crippen LogP contribution in [-0.4, -0.2) is 26.2 Å². The summed E-state index contributed by atoms with van der Waals surface area (Å²) in [5.41, 5.74) is 1.40. The molecule has 0 bridgehead atoms. The average molecular weight is 477 g/mol. The van der Waals surface area contributed by atoms with Crippen molar-refractivity contribution in [2.24, 2.45) is 0 Å². The van der Waals surface area contributed by atoms with Gasteiger partial charge in [-0.25, -0.2) is 14.0 Å². The van der Waals surface area contributed by atoms with Gasteiger partial charge in [0.15, 0.2) is 11.5 Å². The Kier molecular flexibility index (Phi) is 8.16. The van der Waals surface area contributed by atoms with Crippen LogP contribution in [0.3, 0.4) is 0 Å². The number of hydrogen-bond donors (Lipinski definition) is 2. The van der Waals surface area contributed by atoms with Crippen LogP contribution >= 0.6 is 11.6 Å². The summed E-state index contributed by atoms with van der Waals surface area (Å²) >= 11 is 6.14. The predicted octanol–water partition coefficient (Wildman–Crippen LogP) is 5.04. The molecule has 176 valence electrons. The van der Waals surface area contributed by atoms with Gasteiger partial charge in [0.1, 0.15) is 12.4 Å². The fourth-order valence-corrected chi connectivity index (χ4v) is 3.86. The number of nitrogens with one attached hydrogen (secondary N) is 2. The minimum atomic E-state index is -0.862. The highest BCUT2D eigenvalue weighted by atomic mass is 35.5. The third-order valence-corrected chi connectivity index (χ3v) is 5.66. The molecule has 0 fully saturated rings. The zero-order valence-electron chi connectivity index (χ0n) is 18.7. The third-order valence-electron chi connectivity index (χ3n) is 5.30. The molecule has 33 heavy (non-hydrogen) atoms. The van der Waals surface area contributed by atoms with Crippen molar-refractivity contribution >= 4 is 23.6 Å². The van der Waals surface area contributed by atoms with Crippen LogP contribution in [0.15, 0.2) is 47.7 Å². The van der Waals surface area contributed by atoms with Crippen molar-refractivity contribution in [2.75, 3.05) is 14.2 Å². The Morgan fingerprint density at radius 3 is 2.61 bits per heavy atom. The maximum Gasteiger partial charge on any atom is 0.337 e. The van der Waals surface area contributed by atoms with E-state index in [1.54, 1.807) is 24.3 Å². The van der Waals surface area contributed by atoms with E-state index in [0.29, 0.717) is 23.4 Å². The van der Waals surface area contributed by atoms with Gasteiger partial charge in [0.05, 0.1) is 30.9 Å². The minimum Gasteiger partial charge on any atom is -0.493 e. The highest BCUT2D eigenvalue weighted by Gasteiger charge is 2.35. The Bertz CT molecular complexity index is 1050. The van der Waals surface area contributed by atoms with Crippen LogP contribution in [0.1, 0.15) is 43.4 Å². The van der Waals surface area contributed by atoms with Gasteiger partial charge in [0, 0.05) is 16.8 Å². The van der Waals surface area contributed by atoms with Gasteiger partial charge in [0.25, 0.3) is 0 Å². The third kappa shape index (κ3) is 5.39. The maximum absolute atomic E-state index is 14.3. The summed E-state index contributed by atoms with van der Waals surface area (Å²) in [5.74, 6) is -0.481. The van der Waals surface area contributed by atoms with Gasteiger partial charge < -0.3 is 24.8 Å². The standard InChI is InChI=1S/C24H26ClFN2O5/c1-4-5-11-18-20(23(29)32-3)21(28-24(30)27-18)14-8-6-12-19(31-2)22(14)33-13-15-16(25)9-7-10-17(15)26/h6-10,12,21H,4-5,11,13H2,1-3H3,(H2,27,28,30). The van der Waals surface area contributed by atoms with E-state index in [1.807, 2.05) is 6.92 Å². The summed E-state index contributed by atoms with van der Waals surface area (Å²) in [5, 5.41) is 5.72. The lowest BCUT2D eigenvalue weighted by Crippen LogP contribution is -2.46. The van der Waals surface area contributed by atoms with E-state index in [4.69, 9.17) is 25.8 Å². The molecule has 2 amide bonds. The van der Waals surface area contributed by atoms with E-state index in [1.165, 1.54) is 26.4 Å². The van der Waals surface area contributed by atoms with Crippen molar-refractivity contribution in [3.63, 3.8) is 0 Å². The Labute approximate surface area is 196 Å². The smallest absolute Gasteiger partial charge is 0.337 e. The summed E-state index contributed by atoms with van der Waals surface area (Å²) < 4.78 is 30.7. The highest BCUT2D eigenvalue weighted by molar-refractivity contribution is 6.31. The van der Waals surface area contributed by atoms with Crippen LogP contribution in [-0.2, 0) is 16.1 Å². The molecule has 1 heterocycles. The molecule has 0 spiro atoms. The number of carbonyl (C=O) groups excluding carboxylic acids is 2. The van der Waals surface area contributed by atoms with E-state index in [-0.39, 0.29) is 28.5 Å². The van der Waals surface area contributed by atoms with Gasteiger partial charge in [-0.05, 0) is 31.0 Å². The van der Waals surface area contributed by atoms with Gasteiger partial charge in [-0.15, -0.1) is 0 Å². The number of ether oxygens (including phenoxy) is 3. The number of rotatable bonds is 9. The van der Waals surface area contributed by atoms with Crippen molar-refractivity contribution in [1.82, 2.24) is 10.6 Å². The van der Waals surface area contributed by atoms with E-state index in [0.717, 1.165) is 12.8 Å². The molecule has 0 saturated heterocycles. The van der Waals surface area contributed by atoms with Crippen LogP contribution in [0.2, 0.25) is 5.02 Å². The number of benzene rings is 2. The van der Waals surface area contributed by atoms with Crippen LogP contribution in [0.25, 0.3) is 0 Å². The van der Waals surface area contributed by atoms with Crippen LogP contribution in [0, 0.1) is 5.82 Å². The van der Waals surface area contributed by atoms with E-state index in [2.05, 4.69) is 10.6 Å². The van der Waals surface area contributed by atoms with Crippen molar-refractivity contribution < 1.29 is 28.2 Å². The van der Waals surface area contributed by atoms with E-state index in [9.17, 15) is 14.0 Å². The average Bonchev–Trinajstić information content (AvgIpc) is 2.81. The summed E-state index contributed by atoms with van der Waals surface area (Å²) in [7, 11) is 2.75. The van der Waals surface area contributed by atoms with Crippen molar-refractivity contribution in [1.29, 1.82) is 0 Å². The molecule has 2 aromatic rings. The quantitative estimate of drug-likeness (QED) is 0.495. The highest BCUT2D eigenvalue weighted by Crippen LogP contribution is 2.40.